The number of ether oxygens (including phenoxy) is 1. The number of hydrogen-bond donors (Lipinski definition) is 1. The molecule has 0 aliphatic heterocycles. The molecular formula is C9H15N3O2. The first-order valence-corrected chi connectivity index (χ1v) is 4.51. The van der Waals surface area contributed by atoms with Gasteiger partial charge in [-0.25, -0.2) is 9.78 Å². The predicted molar refractivity (Wildman–Crippen MR) is 52.0 cm³/mol. The van der Waals surface area contributed by atoms with Gasteiger partial charge in [-0.3, -0.25) is 0 Å². The van der Waals surface area contributed by atoms with E-state index in [0.29, 0.717) is 12.3 Å². The Balaban J connectivity index is 2.16. The standard InChI is InChI=1S/C9H15N3O2/c1-12(2)4-3-5-14-9(13)8-6-10-7-11-8/h6-7H,3-5H2,1-2H3,(H,10,11). The number of aromatic amines is 1. The molecule has 0 amide bonds. The molecule has 1 aromatic rings. The summed E-state index contributed by atoms with van der Waals surface area (Å²) in [7, 11) is 3.96. The smallest absolute Gasteiger partial charge is 0.358 e. The maximum Gasteiger partial charge on any atom is 0.358 e. The van der Waals surface area contributed by atoms with E-state index in [1.807, 2.05) is 19.0 Å². The second-order valence-electron chi connectivity index (χ2n) is 3.25. The monoisotopic (exact) mass is 197 g/mol. The van der Waals surface area contributed by atoms with E-state index in [-0.39, 0.29) is 5.97 Å². The molecule has 0 aromatic carbocycles. The third kappa shape index (κ3) is 3.57. The molecular weight excluding hydrogens is 182 g/mol. The number of rotatable bonds is 5. The summed E-state index contributed by atoms with van der Waals surface area (Å²) in [5, 5.41) is 0. The second-order valence-corrected chi connectivity index (χ2v) is 3.25. The van der Waals surface area contributed by atoms with Crippen molar-refractivity contribution in [1.29, 1.82) is 0 Å². The molecule has 0 fully saturated rings. The first-order chi connectivity index (χ1) is 6.70. The first kappa shape index (κ1) is 10.7. The molecule has 5 nitrogen and oxygen atoms in total. The molecule has 0 atom stereocenters. The van der Waals surface area contributed by atoms with E-state index in [2.05, 4.69) is 9.97 Å². The summed E-state index contributed by atoms with van der Waals surface area (Å²) in [4.78, 5) is 19.8. The van der Waals surface area contributed by atoms with E-state index in [4.69, 9.17) is 4.74 Å². The molecule has 0 spiro atoms. The number of nitrogens with zero attached hydrogens (tertiary/aromatic N) is 2. The number of hydrogen-bond acceptors (Lipinski definition) is 4. The van der Waals surface area contributed by atoms with Crippen molar-refractivity contribution in [2.24, 2.45) is 0 Å². The Kier molecular flexibility index (Phi) is 4.12. The van der Waals surface area contributed by atoms with Crippen molar-refractivity contribution >= 4 is 5.97 Å². The van der Waals surface area contributed by atoms with Gasteiger partial charge in [0.15, 0.2) is 5.69 Å². The lowest BCUT2D eigenvalue weighted by Gasteiger charge is -2.08. The van der Waals surface area contributed by atoms with Crippen molar-refractivity contribution < 1.29 is 9.53 Å². The van der Waals surface area contributed by atoms with Gasteiger partial charge in [-0.2, -0.15) is 0 Å². The summed E-state index contributed by atoms with van der Waals surface area (Å²) in [5.74, 6) is -0.370. The molecule has 1 heterocycles. The molecule has 0 unspecified atom stereocenters. The van der Waals surface area contributed by atoms with Crippen LogP contribution in [0.25, 0.3) is 0 Å². The zero-order valence-corrected chi connectivity index (χ0v) is 8.49. The minimum absolute atomic E-state index is 0.329. The van der Waals surface area contributed by atoms with E-state index in [9.17, 15) is 4.79 Å². The lowest BCUT2D eigenvalue weighted by atomic mass is 10.4. The van der Waals surface area contributed by atoms with E-state index in [0.717, 1.165) is 13.0 Å². The van der Waals surface area contributed by atoms with Gasteiger partial charge in [0.25, 0.3) is 0 Å². The minimum Gasteiger partial charge on any atom is -0.461 e. The van der Waals surface area contributed by atoms with Gasteiger partial charge in [0, 0.05) is 12.7 Å². The van der Waals surface area contributed by atoms with Crippen LogP contribution in [0.4, 0.5) is 0 Å². The normalized spacial score (nSPS) is 10.5. The quantitative estimate of drug-likeness (QED) is 0.552. The van der Waals surface area contributed by atoms with Crippen molar-refractivity contribution in [2.75, 3.05) is 27.2 Å². The third-order valence-corrected chi connectivity index (χ3v) is 1.69. The van der Waals surface area contributed by atoms with Gasteiger partial charge in [0.2, 0.25) is 0 Å². The number of carbonyl (C=O) groups excluding carboxylic acids is 1. The number of imidazole rings is 1. The molecule has 0 radical (unpaired) electrons. The SMILES string of the molecule is CN(C)CCCOC(=O)c1c[nH]cn1. The molecule has 0 saturated carbocycles. The van der Waals surface area contributed by atoms with Gasteiger partial charge in [0.1, 0.15) is 0 Å². The maximum absolute atomic E-state index is 11.2. The Morgan fingerprint density at radius 1 is 1.64 bits per heavy atom. The van der Waals surface area contributed by atoms with Gasteiger partial charge >= 0.3 is 5.97 Å². The van der Waals surface area contributed by atoms with E-state index in [1.54, 1.807) is 0 Å². The van der Waals surface area contributed by atoms with E-state index >= 15 is 0 Å². The van der Waals surface area contributed by atoms with Crippen molar-refractivity contribution in [3.63, 3.8) is 0 Å². The molecule has 1 aromatic heterocycles. The highest BCUT2D eigenvalue weighted by molar-refractivity contribution is 5.86. The van der Waals surface area contributed by atoms with Crippen LogP contribution in [-0.4, -0.2) is 48.1 Å². The van der Waals surface area contributed by atoms with Crippen molar-refractivity contribution in [2.45, 2.75) is 6.42 Å². The zero-order valence-electron chi connectivity index (χ0n) is 8.49. The van der Waals surface area contributed by atoms with Gasteiger partial charge in [0.05, 0.1) is 12.9 Å². The second kappa shape index (κ2) is 5.39. The lowest BCUT2D eigenvalue weighted by Crippen LogP contribution is -2.16. The number of H-pyrrole nitrogens is 1. The molecule has 0 bridgehead atoms. The Labute approximate surface area is 83.1 Å². The van der Waals surface area contributed by atoms with Crippen LogP contribution in [0.5, 0.6) is 0 Å². The van der Waals surface area contributed by atoms with Crippen LogP contribution in [0.2, 0.25) is 0 Å². The molecule has 0 aliphatic rings. The van der Waals surface area contributed by atoms with Crippen LogP contribution in [0.3, 0.4) is 0 Å². The van der Waals surface area contributed by atoms with Gasteiger partial charge < -0.3 is 14.6 Å². The number of nitrogens with one attached hydrogen (secondary N) is 1. The fourth-order valence-electron chi connectivity index (χ4n) is 0.991. The molecule has 0 saturated heterocycles. The minimum atomic E-state index is -0.370. The summed E-state index contributed by atoms with van der Waals surface area (Å²) in [6.07, 6.45) is 3.81. The summed E-state index contributed by atoms with van der Waals surface area (Å²) >= 11 is 0. The molecule has 14 heavy (non-hydrogen) atoms. The largest absolute Gasteiger partial charge is 0.461 e. The molecule has 78 valence electrons. The van der Waals surface area contributed by atoms with Crippen LogP contribution >= 0.6 is 0 Å². The summed E-state index contributed by atoms with van der Waals surface area (Å²) in [6, 6.07) is 0. The van der Waals surface area contributed by atoms with E-state index in [1.165, 1.54) is 12.5 Å². The Bertz CT molecular complexity index is 270. The van der Waals surface area contributed by atoms with E-state index < -0.39 is 0 Å². The fraction of sp³-hybridized carbons (Fsp3) is 0.556. The Hall–Kier alpha value is -1.36. The number of carbonyl (C=O) groups is 1. The first-order valence-electron chi connectivity index (χ1n) is 4.51. The van der Waals surface area contributed by atoms with Gasteiger partial charge in [-0.05, 0) is 20.5 Å². The van der Waals surface area contributed by atoms with Crippen LogP contribution in [0.15, 0.2) is 12.5 Å². The summed E-state index contributed by atoms with van der Waals surface area (Å²) in [6.45, 7) is 1.34. The van der Waals surface area contributed by atoms with Crippen LogP contribution in [-0.2, 0) is 4.74 Å². The van der Waals surface area contributed by atoms with Crippen molar-refractivity contribution in [3.05, 3.63) is 18.2 Å². The highest BCUT2D eigenvalue weighted by Gasteiger charge is 2.07. The molecule has 1 rings (SSSR count). The summed E-state index contributed by atoms with van der Waals surface area (Å²) < 4.78 is 4.99. The average molecular weight is 197 g/mol. The number of esters is 1. The maximum atomic E-state index is 11.2. The Morgan fingerprint density at radius 2 is 2.43 bits per heavy atom. The molecule has 5 heteroatoms. The van der Waals surface area contributed by atoms with Crippen LogP contribution < -0.4 is 0 Å². The van der Waals surface area contributed by atoms with Crippen molar-refractivity contribution in [3.8, 4) is 0 Å². The average Bonchev–Trinajstić information content (AvgIpc) is 2.64. The molecule has 0 aliphatic carbocycles. The number of aromatic nitrogens is 2. The zero-order chi connectivity index (χ0) is 10.4. The van der Waals surface area contributed by atoms with Gasteiger partial charge in [-0.15, -0.1) is 0 Å². The summed E-state index contributed by atoms with van der Waals surface area (Å²) in [5.41, 5.74) is 0.329. The fourth-order valence-corrected chi connectivity index (χ4v) is 0.991. The van der Waals surface area contributed by atoms with Crippen molar-refractivity contribution in [1.82, 2.24) is 14.9 Å². The topological polar surface area (TPSA) is 58.2 Å². The lowest BCUT2D eigenvalue weighted by molar-refractivity contribution is 0.0487. The predicted octanol–water partition coefficient (Wildman–Crippen LogP) is 0.518. The molecule has 1 N–H and O–H groups in total. The Morgan fingerprint density at radius 3 is 3.00 bits per heavy atom. The third-order valence-electron chi connectivity index (χ3n) is 1.69. The highest BCUT2D eigenvalue weighted by Crippen LogP contribution is 1.95. The van der Waals surface area contributed by atoms with Gasteiger partial charge in [-0.1, -0.05) is 0 Å². The highest BCUT2D eigenvalue weighted by atomic mass is 16.5. The van der Waals surface area contributed by atoms with Crippen LogP contribution in [0.1, 0.15) is 16.9 Å². The van der Waals surface area contributed by atoms with Crippen LogP contribution in [0, 0.1) is 0 Å².